The van der Waals surface area contributed by atoms with Crippen LogP contribution in [-0.2, 0) is 0 Å². The molecule has 1 aromatic carbocycles. The van der Waals surface area contributed by atoms with Crippen LogP contribution in [0.3, 0.4) is 0 Å². The maximum Gasteiger partial charge on any atom is 0.251 e. The molecule has 2 fully saturated rings. The highest BCUT2D eigenvalue weighted by molar-refractivity contribution is 5.94. The highest BCUT2D eigenvalue weighted by Gasteiger charge is 2.23. The molecule has 1 amide bonds. The monoisotopic (exact) mass is 258 g/mol. The maximum absolute atomic E-state index is 11.9. The highest BCUT2D eigenvalue weighted by atomic mass is 16.1. The summed E-state index contributed by atoms with van der Waals surface area (Å²) in [6, 6.07) is 8.92. The fourth-order valence-electron chi connectivity index (χ4n) is 2.70. The van der Waals surface area contributed by atoms with Crippen LogP contribution in [0.25, 0.3) is 0 Å². The predicted molar refractivity (Wildman–Crippen MR) is 77.4 cm³/mol. The van der Waals surface area contributed by atoms with Crippen molar-refractivity contribution < 1.29 is 4.79 Å². The van der Waals surface area contributed by atoms with E-state index in [1.165, 1.54) is 32.1 Å². The fourth-order valence-corrected chi connectivity index (χ4v) is 2.70. The smallest absolute Gasteiger partial charge is 0.251 e. The number of carbonyl (C=O) groups is 1. The average molecular weight is 258 g/mol. The average Bonchev–Trinajstić information content (AvgIpc) is 3.25. The molecule has 0 aromatic heterocycles. The van der Waals surface area contributed by atoms with E-state index in [0.29, 0.717) is 12.1 Å². The molecule has 2 saturated carbocycles. The summed E-state index contributed by atoms with van der Waals surface area (Å²) < 4.78 is 0. The van der Waals surface area contributed by atoms with Gasteiger partial charge in [-0.3, -0.25) is 4.79 Å². The van der Waals surface area contributed by atoms with Gasteiger partial charge in [-0.05, 0) is 49.9 Å². The Balaban J connectivity index is 1.56. The van der Waals surface area contributed by atoms with Gasteiger partial charge in [0.2, 0.25) is 0 Å². The van der Waals surface area contributed by atoms with E-state index in [0.717, 1.165) is 24.1 Å². The van der Waals surface area contributed by atoms with Crippen molar-refractivity contribution in [3.8, 4) is 0 Å². The van der Waals surface area contributed by atoms with Crippen LogP contribution in [0.5, 0.6) is 0 Å². The SMILES string of the molecule is O=C(NC1CC1)c1ccc(NC2CCCCC2)cc1. The summed E-state index contributed by atoms with van der Waals surface area (Å²) in [4.78, 5) is 11.9. The molecule has 2 aliphatic rings. The van der Waals surface area contributed by atoms with Gasteiger partial charge in [0.05, 0.1) is 0 Å². The number of anilines is 1. The molecule has 0 atom stereocenters. The zero-order valence-corrected chi connectivity index (χ0v) is 11.3. The summed E-state index contributed by atoms with van der Waals surface area (Å²) in [5.41, 5.74) is 1.90. The summed E-state index contributed by atoms with van der Waals surface area (Å²) in [5.74, 6) is 0.0618. The lowest BCUT2D eigenvalue weighted by Crippen LogP contribution is -2.25. The van der Waals surface area contributed by atoms with Crippen molar-refractivity contribution in [2.75, 3.05) is 5.32 Å². The third-order valence-corrected chi connectivity index (χ3v) is 4.04. The van der Waals surface area contributed by atoms with Gasteiger partial charge >= 0.3 is 0 Å². The van der Waals surface area contributed by atoms with Crippen LogP contribution in [-0.4, -0.2) is 18.0 Å². The third-order valence-electron chi connectivity index (χ3n) is 4.04. The van der Waals surface area contributed by atoms with Crippen LogP contribution in [0, 0.1) is 0 Å². The first-order chi connectivity index (χ1) is 9.31. The Hall–Kier alpha value is -1.51. The van der Waals surface area contributed by atoms with Crippen LogP contribution in [0.4, 0.5) is 5.69 Å². The minimum atomic E-state index is 0.0618. The molecule has 3 heteroatoms. The molecule has 1 aromatic rings. The molecule has 102 valence electrons. The van der Waals surface area contributed by atoms with Crippen LogP contribution in [0.15, 0.2) is 24.3 Å². The first-order valence-corrected chi connectivity index (χ1v) is 7.49. The summed E-state index contributed by atoms with van der Waals surface area (Å²) in [6.07, 6.45) is 8.84. The number of hydrogen-bond donors (Lipinski definition) is 2. The van der Waals surface area contributed by atoms with E-state index < -0.39 is 0 Å². The lowest BCUT2D eigenvalue weighted by Gasteiger charge is -2.23. The molecule has 0 heterocycles. The molecule has 0 aliphatic heterocycles. The van der Waals surface area contributed by atoms with Crippen molar-refractivity contribution in [2.24, 2.45) is 0 Å². The number of amides is 1. The Morgan fingerprint density at radius 2 is 1.58 bits per heavy atom. The lowest BCUT2D eigenvalue weighted by atomic mass is 9.95. The van der Waals surface area contributed by atoms with Gasteiger partial charge in [-0.2, -0.15) is 0 Å². The van der Waals surface area contributed by atoms with Crippen molar-refractivity contribution in [2.45, 2.75) is 57.0 Å². The molecule has 0 spiro atoms. The van der Waals surface area contributed by atoms with Gasteiger partial charge < -0.3 is 10.6 Å². The number of rotatable bonds is 4. The number of nitrogens with one attached hydrogen (secondary N) is 2. The van der Waals surface area contributed by atoms with Gasteiger partial charge in [0, 0.05) is 23.3 Å². The molecule has 3 nitrogen and oxygen atoms in total. The summed E-state index contributed by atoms with van der Waals surface area (Å²) in [7, 11) is 0. The largest absolute Gasteiger partial charge is 0.382 e. The standard InChI is InChI=1S/C16H22N2O/c19-16(18-15-10-11-15)12-6-8-14(9-7-12)17-13-4-2-1-3-5-13/h6-9,13,15,17H,1-5,10-11H2,(H,18,19). The summed E-state index contributed by atoms with van der Waals surface area (Å²) in [6.45, 7) is 0. The lowest BCUT2D eigenvalue weighted by molar-refractivity contribution is 0.0951. The van der Waals surface area contributed by atoms with E-state index in [9.17, 15) is 4.79 Å². The molecular formula is C16H22N2O. The van der Waals surface area contributed by atoms with Gasteiger partial charge in [-0.15, -0.1) is 0 Å². The van der Waals surface area contributed by atoms with Crippen LogP contribution < -0.4 is 10.6 Å². The summed E-state index contributed by atoms with van der Waals surface area (Å²) in [5, 5.41) is 6.58. The first kappa shape index (κ1) is 12.5. The zero-order valence-electron chi connectivity index (χ0n) is 11.3. The van der Waals surface area contributed by atoms with Crippen molar-refractivity contribution in [1.82, 2.24) is 5.32 Å². The van der Waals surface area contributed by atoms with Gasteiger partial charge in [0.15, 0.2) is 0 Å². The minimum absolute atomic E-state index is 0.0618. The Labute approximate surface area is 114 Å². The van der Waals surface area contributed by atoms with Crippen molar-refractivity contribution in [3.05, 3.63) is 29.8 Å². The quantitative estimate of drug-likeness (QED) is 0.869. The van der Waals surface area contributed by atoms with E-state index in [-0.39, 0.29) is 5.91 Å². The van der Waals surface area contributed by atoms with E-state index in [1.807, 2.05) is 24.3 Å². The van der Waals surface area contributed by atoms with Gasteiger partial charge in [0.25, 0.3) is 5.91 Å². The van der Waals surface area contributed by atoms with E-state index in [2.05, 4.69) is 10.6 Å². The Morgan fingerprint density at radius 3 is 2.21 bits per heavy atom. The molecule has 2 aliphatic carbocycles. The number of carbonyl (C=O) groups excluding carboxylic acids is 1. The van der Waals surface area contributed by atoms with Crippen molar-refractivity contribution >= 4 is 11.6 Å². The van der Waals surface area contributed by atoms with Crippen LogP contribution in [0.2, 0.25) is 0 Å². The van der Waals surface area contributed by atoms with Gasteiger partial charge in [-0.25, -0.2) is 0 Å². The second-order valence-electron chi connectivity index (χ2n) is 5.80. The molecule has 2 N–H and O–H groups in total. The molecule has 19 heavy (non-hydrogen) atoms. The Bertz CT molecular complexity index is 431. The fraction of sp³-hybridized carbons (Fsp3) is 0.562. The molecule has 0 saturated heterocycles. The second kappa shape index (κ2) is 5.64. The first-order valence-electron chi connectivity index (χ1n) is 7.49. The van der Waals surface area contributed by atoms with Gasteiger partial charge in [0.1, 0.15) is 0 Å². The van der Waals surface area contributed by atoms with E-state index in [4.69, 9.17) is 0 Å². The number of hydrogen-bond acceptors (Lipinski definition) is 2. The Kier molecular flexibility index (Phi) is 3.72. The molecule has 0 radical (unpaired) electrons. The van der Waals surface area contributed by atoms with Crippen molar-refractivity contribution in [1.29, 1.82) is 0 Å². The normalized spacial score (nSPS) is 20.0. The van der Waals surface area contributed by atoms with Crippen LogP contribution >= 0.6 is 0 Å². The predicted octanol–water partition coefficient (Wildman–Crippen LogP) is 3.32. The molecule has 0 bridgehead atoms. The zero-order chi connectivity index (χ0) is 13.1. The molecular weight excluding hydrogens is 236 g/mol. The van der Waals surface area contributed by atoms with E-state index >= 15 is 0 Å². The molecule has 0 unspecified atom stereocenters. The minimum Gasteiger partial charge on any atom is -0.382 e. The van der Waals surface area contributed by atoms with Crippen molar-refractivity contribution in [3.63, 3.8) is 0 Å². The third kappa shape index (κ3) is 3.49. The van der Waals surface area contributed by atoms with E-state index in [1.54, 1.807) is 0 Å². The van der Waals surface area contributed by atoms with Crippen LogP contribution in [0.1, 0.15) is 55.3 Å². The Morgan fingerprint density at radius 1 is 0.895 bits per heavy atom. The van der Waals surface area contributed by atoms with Gasteiger partial charge in [-0.1, -0.05) is 19.3 Å². The molecule has 3 rings (SSSR count). The number of benzene rings is 1. The summed E-state index contributed by atoms with van der Waals surface area (Å²) >= 11 is 0. The highest BCUT2D eigenvalue weighted by Crippen LogP contribution is 2.22. The topological polar surface area (TPSA) is 41.1 Å². The maximum atomic E-state index is 11.9. The second-order valence-corrected chi connectivity index (χ2v) is 5.80.